The van der Waals surface area contributed by atoms with Crippen molar-refractivity contribution in [1.82, 2.24) is 0 Å². The van der Waals surface area contributed by atoms with Crippen molar-refractivity contribution in [2.45, 2.75) is 58.3 Å². The first-order valence-corrected chi connectivity index (χ1v) is 15.7. The van der Waals surface area contributed by atoms with Crippen molar-refractivity contribution in [1.29, 1.82) is 0 Å². The molecule has 0 N–H and O–H groups in total. The van der Waals surface area contributed by atoms with Gasteiger partial charge in [-0.05, 0) is 0 Å². The summed E-state index contributed by atoms with van der Waals surface area (Å²) < 4.78 is 3.25. The Bertz CT molecular complexity index is 59.0. The van der Waals surface area contributed by atoms with Crippen LogP contribution < -0.4 is 10.2 Å². The molecule has 0 aliphatic heterocycles. The summed E-state index contributed by atoms with van der Waals surface area (Å²) in [6.07, 6.45) is 5.84. The van der Waals surface area contributed by atoms with Crippen LogP contribution in [0.4, 0.5) is 0 Å². The van der Waals surface area contributed by atoms with Crippen LogP contribution in [0.3, 0.4) is 0 Å². The molecular formula is C12H30O2Sn2+2. The predicted octanol–water partition coefficient (Wildman–Crippen LogP) is 1.87. The standard InChI is InChI=1S/2C4H9.2CH3O.2CH3.2Sn/c2*1-3-4-2;2*1-2;;;;/h2*1,3-4H2,2H3;2*1H3;2*1H3;;/q;;2*-1;;;2*+2. The molecule has 0 fully saturated rings. The number of hydrogen-bond acceptors (Lipinski definition) is 2. The summed E-state index contributed by atoms with van der Waals surface area (Å²) in [5.41, 5.74) is 0. The van der Waals surface area contributed by atoms with Crippen LogP contribution in [0.25, 0.3) is 0 Å². The molecule has 0 rings (SSSR count). The van der Waals surface area contributed by atoms with Gasteiger partial charge in [-0.15, -0.1) is 0 Å². The summed E-state index contributed by atoms with van der Waals surface area (Å²) in [5, 5.41) is 16.5. The van der Waals surface area contributed by atoms with Gasteiger partial charge in [-0.1, -0.05) is 0 Å². The SMILES string of the molecule is CCC[CH2][Sn+2][CH2]CCC.C[O-].C[O-].[CH3][Sn+2][CH3]. The van der Waals surface area contributed by atoms with Crippen LogP contribution in [0, 0.1) is 0 Å². The minimum absolute atomic E-state index is 0.149. The van der Waals surface area contributed by atoms with Crippen LogP contribution in [0.1, 0.15) is 39.5 Å². The van der Waals surface area contributed by atoms with Gasteiger partial charge in [-0.3, -0.25) is 0 Å². The Kier molecular flexibility index (Phi) is 71.8. The van der Waals surface area contributed by atoms with E-state index >= 15 is 0 Å². The molecule has 0 radical (unpaired) electrons. The predicted molar refractivity (Wildman–Crippen MR) is 74.5 cm³/mol. The van der Waals surface area contributed by atoms with Crippen molar-refractivity contribution in [3.8, 4) is 0 Å². The number of unbranched alkanes of at least 4 members (excludes halogenated alkanes) is 2. The molecule has 0 heterocycles. The minimum atomic E-state index is 0.149. The number of hydrogen-bond donors (Lipinski definition) is 0. The van der Waals surface area contributed by atoms with Crippen LogP contribution >= 0.6 is 0 Å². The van der Waals surface area contributed by atoms with Gasteiger partial charge in [0.15, 0.2) is 0 Å². The Morgan fingerprint density at radius 1 is 0.750 bits per heavy atom. The number of rotatable bonds is 6. The van der Waals surface area contributed by atoms with E-state index in [1.165, 1.54) is 25.7 Å². The molecule has 0 aliphatic carbocycles. The van der Waals surface area contributed by atoms with Gasteiger partial charge in [0, 0.05) is 0 Å². The van der Waals surface area contributed by atoms with Crippen LogP contribution in [0.15, 0.2) is 0 Å². The molecule has 0 saturated carbocycles. The Morgan fingerprint density at radius 2 is 1.00 bits per heavy atom. The van der Waals surface area contributed by atoms with Crippen molar-refractivity contribution in [2.75, 3.05) is 14.2 Å². The fourth-order valence-corrected chi connectivity index (χ4v) is 4.89. The zero-order chi connectivity index (χ0) is 13.7. The molecule has 4 heteroatoms. The second-order valence-electron chi connectivity index (χ2n) is 2.96. The molecule has 0 aromatic carbocycles. The van der Waals surface area contributed by atoms with E-state index in [1.54, 1.807) is 8.87 Å². The van der Waals surface area contributed by atoms with Crippen LogP contribution in [0.2, 0.25) is 18.8 Å². The van der Waals surface area contributed by atoms with E-state index in [2.05, 4.69) is 23.7 Å². The normalized spacial score (nSPS) is 6.50. The molecule has 0 aliphatic rings. The summed E-state index contributed by atoms with van der Waals surface area (Å²) in [5.74, 6) is 0. The van der Waals surface area contributed by atoms with E-state index < -0.39 is 0 Å². The summed E-state index contributed by atoms with van der Waals surface area (Å²) in [4.78, 5) is 4.59. The van der Waals surface area contributed by atoms with Gasteiger partial charge < -0.3 is 10.2 Å². The van der Waals surface area contributed by atoms with Crippen molar-refractivity contribution in [3.05, 3.63) is 0 Å². The first-order chi connectivity index (χ1) is 7.83. The molecule has 0 aromatic rings. The van der Waals surface area contributed by atoms with Gasteiger partial charge in [0.05, 0.1) is 0 Å². The maximum absolute atomic E-state index is 8.25. The molecule has 0 saturated heterocycles. The van der Waals surface area contributed by atoms with E-state index in [1.807, 2.05) is 0 Å². The molecule has 0 bridgehead atoms. The van der Waals surface area contributed by atoms with Crippen LogP contribution in [-0.4, -0.2) is 56.5 Å². The summed E-state index contributed by atoms with van der Waals surface area (Å²) in [6, 6.07) is 0. The quantitative estimate of drug-likeness (QED) is 0.465. The molecule has 0 atom stereocenters. The van der Waals surface area contributed by atoms with Gasteiger partial charge in [-0.25, -0.2) is 0 Å². The van der Waals surface area contributed by atoms with E-state index in [-0.39, 0.29) is 42.3 Å². The first kappa shape index (κ1) is 26.2. The molecular weight excluding hydrogens is 414 g/mol. The van der Waals surface area contributed by atoms with Gasteiger partial charge in [0.2, 0.25) is 0 Å². The Hall–Kier alpha value is 1.52. The average Bonchev–Trinajstić information content (AvgIpc) is 2.35. The topological polar surface area (TPSA) is 46.1 Å². The van der Waals surface area contributed by atoms with E-state index in [0.717, 1.165) is 14.2 Å². The molecule has 0 aromatic heterocycles. The summed E-state index contributed by atoms with van der Waals surface area (Å²) in [7, 11) is 1.50. The second-order valence-corrected chi connectivity index (χ2v) is 10.1. The summed E-state index contributed by atoms with van der Waals surface area (Å²) >= 11 is 0.379. The zero-order valence-electron chi connectivity index (χ0n) is 12.1. The molecule has 0 amide bonds. The Labute approximate surface area is 124 Å². The average molecular weight is 444 g/mol. The van der Waals surface area contributed by atoms with Crippen molar-refractivity contribution in [2.24, 2.45) is 0 Å². The Balaban J connectivity index is -0.0000000864. The third-order valence-electron chi connectivity index (χ3n) is 1.41. The summed E-state index contributed by atoms with van der Waals surface area (Å²) in [6.45, 7) is 4.58. The van der Waals surface area contributed by atoms with Crippen molar-refractivity contribution in [3.63, 3.8) is 0 Å². The van der Waals surface area contributed by atoms with Crippen LogP contribution in [0.5, 0.6) is 0 Å². The molecule has 96 valence electrons. The van der Waals surface area contributed by atoms with Crippen molar-refractivity contribution < 1.29 is 10.2 Å². The molecule has 2 nitrogen and oxygen atoms in total. The van der Waals surface area contributed by atoms with Gasteiger partial charge in [0.1, 0.15) is 0 Å². The molecule has 16 heavy (non-hydrogen) atoms. The van der Waals surface area contributed by atoms with Gasteiger partial charge in [-0.2, -0.15) is 14.2 Å². The van der Waals surface area contributed by atoms with E-state index in [4.69, 9.17) is 10.2 Å². The fraction of sp³-hybridized carbons (Fsp3) is 1.00. The van der Waals surface area contributed by atoms with E-state index in [9.17, 15) is 0 Å². The van der Waals surface area contributed by atoms with E-state index in [0.29, 0.717) is 0 Å². The zero-order valence-corrected chi connectivity index (χ0v) is 17.8. The Morgan fingerprint density at radius 3 is 1.19 bits per heavy atom. The monoisotopic (exact) mass is 446 g/mol. The third-order valence-corrected chi connectivity index (χ3v) is 5.45. The third kappa shape index (κ3) is 57.9. The molecule has 0 spiro atoms. The fourth-order valence-electron chi connectivity index (χ4n) is 0.729. The molecule has 0 unspecified atom stereocenters. The second kappa shape index (κ2) is 43.9. The first-order valence-electron chi connectivity index (χ1n) is 5.94. The van der Waals surface area contributed by atoms with Crippen molar-refractivity contribution >= 4 is 42.3 Å². The van der Waals surface area contributed by atoms with Crippen LogP contribution in [-0.2, 0) is 0 Å². The maximum atomic E-state index is 8.25. The van der Waals surface area contributed by atoms with Gasteiger partial charge >= 0.3 is 101 Å². The van der Waals surface area contributed by atoms with Gasteiger partial charge in [0.25, 0.3) is 0 Å².